The van der Waals surface area contributed by atoms with E-state index in [1.165, 1.54) is 6.07 Å². The van der Waals surface area contributed by atoms with Crippen LogP contribution in [0.15, 0.2) is 35.7 Å². The standard InChI is InChI=1S/C14H11ClN2O4S/c1-21-14(20)17-12(19)9-6-7-22-13(9)16-11(18)8-4-2-3-5-10(8)15/h2-7H,1H3,(H,16,18)(H,17,19,20). The highest BCUT2D eigenvalue weighted by Crippen LogP contribution is 2.25. The number of thiophene rings is 1. The van der Waals surface area contributed by atoms with Gasteiger partial charge in [-0.3, -0.25) is 14.9 Å². The quantitative estimate of drug-likeness (QED) is 0.900. The number of rotatable bonds is 3. The third kappa shape index (κ3) is 3.63. The Kier molecular flexibility index (Phi) is 5.13. The molecule has 0 atom stereocenters. The van der Waals surface area contributed by atoms with Crippen LogP contribution in [0.25, 0.3) is 0 Å². The van der Waals surface area contributed by atoms with Gasteiger partial charge in [-0.25, -0.2) is 4.79 Å². The number of halogens is 1. The van der Waals surface area contributed by atoms with Gasteiger partial charge in [-0.15, -0.1) is 11.3 Å². The van der Waals surface area contributed by atoms with Crippen LogP contribution in [0.5, 0.6) is 0 Å². The van der Waals surface area contributed by atoms with Gasteiger partial charge in [0.25, 0.3) is 11.8 Å². The lowest BCUT2D eigenvalue weighted by Crippen LogP contribution is -2.30. The summed E-state index contributed by atoms with van der Waals surface area (Å²) >= 11 is 7.10. The molecule has 0 aliphatic heterocycles. The molecule has 0 unspecified atom stereocenters. The first-order chi connectivity index (χ1) is 10.5. The minimum Gasteiger partial charge on any atom is -0.453 e. The molecule has 2 aromatic rings. The van der Waals surface area contributed by atoms with Crippen LogP contribution in [-0.2, 0) is 4.74 Å². The molecule has 0 saturated heterocycles. The zero-order chi connectivity index (χ0) is 16.1. The molecular formula is C14H11ClN2O4S. The Morgan fingerprint density at radius 2 is 1.82 bits per heavy atom. The predicted octanol–water partition coefficient (Wildman–Crippen LogP) is 3.15. The maximum absolute atomic E-state index is 12.2. The average Bonchev–Trinajstić information content (AvgIpc) is 2.95. The van der Waals surface area contributed by atoms with E-state index >= 15 is 0 Å². The Labute approximate surface area is 135 Å². The van der Waals surface area contributed by atoms with Crippen LogP contribution in [-0.4, -0.2) is 25.0 Å². The van der Waals surface area contributed by atoms with Crippen molar-refractivity contribution in [1.82, 2.24) is 5.32 Å². The molecule has 0 radical (unpaired) electrons. The molecule has 2 N–H and O–H groups in total. The van der Waals surface area contributed by atoms with Gasteiger partial charge in [0.2, 0.25) is 0 Å². The summed E-state index contributed by atoms with van der Waals surface area (Å²) in [5.74, 6) is -1.11. The summed E-state index contributed by atoms with van der Waals surface area (Å²) in [6.07, 6.45) is -0.875. The van der Waals surface area contributed by atoms with Crippen LogP contribution in [0.2, 0.25) is 5.02 Å². The van der Waals surface area contributed by atoms with Crippen LogP contribution in [0.1, 0.15) is 20.7 Å². The smallest absolute Gasteiger partial charge is 0.413 e. The van der Waals surface area contributed by atoms with E-state index in [2.05, 4.69) is 10.1 Å². The summed E-state index contributed by atoms with van der Waals surface area (Å²) in [4.78, 5) is 35.1. The van der Waals surface area contributed by atoms with Crippen LogP contribution in [0, 0.1) is 0 Å². The Morgan fingerprint density at radius 3 is 2.50 bits per heavy atom. The summed E-state index contributed by atoms with van der Waals surface area (Å²) in [5, 5.41) is 6.86. The number of anilines is 1. The van der Waals surface area contributed by atoms with Gasteiger partial charge in [-0.1, -0.05) is 23.7 Å². The summed E-state index contributed by atoms with van der Waals surface area (Å²) in [6.45, 7) is 0. The number of methoxy groups -OCH3 is 1. The first-order valence-corrected chi connectivity index (χ1v) is 7.31. The fourth-order valence-corrected chi connectivity index (χ4v) is 2.61. The van der Waals surface area contributed by atoms with Gasteiger partial charge < -0.3 is 10.1 Å². The van der Waals surface area contributed by atoms with E-state index < -0.39 is 17.9 Å². The average molecular weight is 339 g/mol. The third-order valence-electron chi connectivity index (χ3n) is 2.66. The third-order valence-corrected chi connectivity index (χ3v) is 3.82. The number of carbonyl (C=O) groups is 3. The fourth-order valence-electron chi connectivity index (χ4n) is 1.61. The maximum atomic E-state index is 12.2. The predicted molar refractivity (Wildman–Crippen MR) is 83.6 cm³/mol. The van der Waals surface area contributed by atoms with E-state index in [1.54, 1.807) is 29.6 Å². The number of imide groups is 1. The largest absolute Gasteiger partial charge is 0.453 e. The number of nitrogens with one attached hydrogen (secondary N) is 2. The zero-order valence-corrected chi connectivity index (χ0v) is 13.0. The van der Waals surface area contributed by atoms with Crippen molar-refractivity contribution in [2.24, 2.45) is 0 Å². The molecule has 0 spiro atoms. The minimum absolute atomic E-state index is 0.163. The van der Waals surface area contributed by atoms with Crippen LogP contribution in [0.4, 0.5) is 9.80 Å². The number of carbonyl (C=O) groups excluding carboxylic acids is 3. The molecule has 2 rings (SSSR count). The molecule has 1 heterocycles. The van der Waals surface area contributed by atoms with E-state index in [4.69, 9.17) is 11.6 Å². The van der Waals surface area contributed by atoms with E-state index in [-0.39, 0.29) is 11.1 Å². The Morgan fingerprint density at radius 1 is 1.09 bits per heavy atom. The van der Waals surface area contributed by atoms with Crippen molar-refractivity contribution in [1.29, 1.82) is 0 Å². The Balaban J connectivity index is 2.16. The second-order valence-corrected chi connectivity index (χ2v) is 5.37. The summed E-state index contributed by atoms with van der Waals surface area (Å²) in [7, 11) is 1.15. The van der Waals surface area contributed by atoms with E-state index in [1.807, 2.05) is 5.32 Å². The van der Waals surface area contributed by atoms with Gasteiger partial charge in [-0.2, -0.15) is 0 Å². The van der Waals surface area contributed by atoms with E-state index in [0.29, 0.717) is 10.0 Å². The van der Waals surface area contributed by atoms with Gasteiger partial charge in [0.1, 0.15) is 5.00 Å². The fraction of sp³-hybridized carbons (Fsp3) is 0.0714. The highest BCUT2D eigenvalue weighted by molar-refractivity contribution is 7.14. The van der Waals surface area contributed by atoms with Crippen molar-refractivity contribution >= 4 is 45.8 Å². The SMILES string of the molecule is COC(=O)NC(=O)c1ccsc1NC(=O)c1ccccc1Cl. The molecular weight excluding hydrogens is 328 g/mol. The summed E-state index contributed by atoms with van der Waals surface area (Å²) < 4.78 is 4.35. The normalized spacial score (nSPS) is 9.91. The number of ether oxygens (including phenoxy) is 1. The van der Waals surface area contributed by atoms with Crippen LogP contribution in [0.3, 0.4) is 0 Å². The Hall–Kier alpha value is -2.38. The summed E-state index contributed by atoms with van der Waals surface area (Å²) in [5.41, 5.74) is 0.452. The summed E-state index contributed by atoms with van der Waals surface area (Å²) in [6, 6.07) is 8.04. The number of hydrogen-bond donors (Lipinski definition) is 2. The molecule has 1 aromatic heterocycles. The van der Waals surface area contributed by atoms with Crippen LogP contribution >= 0.6 is 22.9 Å². The zero-order valence-electron chi connectivity index (χ0n) is 11.4. The number of benzene rings is 1. The van der Waals surface area contributed by atoms with E-state index in [9.17, 15) is 14.4 Å². The number of amides is 3. The van der Waals surface area contributed by atoms with Gasteiger partial charge >= 0.3 is 6.09 Å². The van der Waals surface area contributed by atoms with Crippen molar-refractivity contribution in [3.63, 3.8) is 0 Å². The molecule has 0 aliphatic carbocycles. The molecule has 1 aromatic carbocycles. The van der Waals surface area contributed by atoms with Crippen molar-refractivity contribution in [2.75, 3.05) is 12.4 Å². The lowest BCUT2D eigenvalue weighted by molar-refractivity contribution is 0.0938. The van der Waals surface area contributed by atoms with Gasteiger partial charge in [0, 0.05) is 0 Å². The van der Waals surface area contributed by atoms with E-state index in [0.717, 1.165) is 18.4 Å². The van der Waals surface area contributed by atoms with Crippen molar-refractivity contribution in [2.45, 2.75) is 0 Å². The maximum Gasteiger partial charge on any atom is 0.413 e. The first-order valence-electron chi connectivity index (χ1n) is 6.05. The van der Waals surface area contributed by atoms with Crippen LogP contribution < -0.4 is 10.6 Å². The first kappa shape index (κ1) is 16.0. The second kappa shape index (κ2) is 7.06. The van der Waals surface area contributed by atoms with Gasteiger partial charge in [0.05, 0.1) is 23.3 Å². The monoisotopic (exact) mass is 338 g/mol. The molecule has 0 aliphatic rings. The molecule has 22 heavy (non-hydrogen) atoms. The topological polar surface area (TPSA) is 84.5 Å². The van der Waals surface area contributed by atoms with Crippen molar-refractivity contribution < 1.29 is 19.1 Å². The van der Waals surface area contributed by atoms with Crippen molar-refractivity contribution in [3.8, 4) is 0 Å². The lowest BCUT2D eigenvalue weighted by Gasteiger charge is -2.07. The minimum atomic E-state index is -0.875. The molecule has 3 amide bonds. The highest BCUT2D eigenvalue weighted by Gasteiger charge is 2.18. The van der Waals surface area contributed by atoms with Crippen molar-refractivity contribution in [3.05, 3.63) is 51.9 Å². The molecule has 8 heteroatoms. The number of alkyl carbamates (subject to hydrolysis) is 1. The Bertz CT molecular complexity index is 729. The molecule has 0 saturated carbocycles. The van der Waals surface area contributed by atoms with Gasteiger partial charge in [0.15, 0.2) is 0 Å². The van der Waals surface area contributed by atoms with Gasteiger partial charge in [-0.05, 0) is 23.6 Å². The second-order valence-electron chi connectivity index (χ2n) is 4.04. The number of hydrogen-bond acceptors (Lipinski definition) is 5. The molecule has 0 bridgehead atoms. The molecule has 6 nitrogen and oxygen atoms in total. The lowest BCUT2D eigenvalue weighted by atomic mass is 10.2. The highest BCUT2D eigenvalue weighted by atomic mass is 35.5. The molecule has 114 valence electrons. The molecule has 0 fully saturated rings.